The van der Waals surface area contributed by atoms with Crippen LogP contribution in [0, 0.1) is 5.92 Å². The van der Waals surface area contributed by atoms with Crippen LogP contribution in [0.25, 0.3) is 0 Å². The number of morpholine rings is 1. The fourth-order valence-electron chi connectivity index (χ4n) is 2.33. The number of nitrogens with one attached hydrogen (secondary N) is 1. The molecule has 108 valence electrons. The average Bonchev–Trinajstić information content (AvgIpc) is 3.15. The molecule has 0 radical (unpaired) electrons. The van der Waals surface area contributed by atoms with Crippen molar-refractivity contribution in [3.05, 3.63) is 0 Å². The monoisotopic (exact) mass is 270 g/mol. The van der Waals surface area contributed by atoms with Crippen molar-refractivity contribution in [3.63, 3.8) is 0 Å². The largest absolute Gasteiger partial charge is 0.480 e. The van der Waals surface area contributed by atoms with Gasteiger partial charge in [-0.1, -0.05) is 12.8 Å². The van der Waals surface area contributed by atoms with Gasteiger partial charge in [0.15, 0.2) is 0 Å². The zero-order valence-electron chi connectivity index (χ0n) is 11.5. The lowest BCUT2D eigenvalue weighted by Gasteiger charge is -2.37. The first-order chi connectivity index (χ1) is 8.97. The molecule has 6 heteroatoms. The van der Waals surface area contributed by atoms with Crippen molar-refractivity contribution in [3.8, 4) is 0 Å². The van der Waals surface area contributed by atoms with Gasteiger partial charge in [-0.3, -0.25) is 0 Å². The Morgan fingerprint density at radius 3 is 2.68 bits per heavy atom. The number of urea groups is 1. The molecule has 0 aromatic heterocycles. The van der Waals surface area contributed by atoms with Gasteiger partial charge in [0.05, 0.1) is 18.8 Å². The molecule has 1 saturated carbocycles. The molecule has 2 aliphatic rings. The molecule has 6 nitrogen and oxygen atoms in total. The molecule has 1 heterocycles. The third kappa shape index (κ3) is 3.83. The number of carboxylic acid groups (broad SMARTS) is 1. The molecule has 0 aromatic rings. The van der Waals surface area contributed by atoms with Crippen molar-refractivity contribution in [2.24, 2.45) is 5.92 Å². The predicted molar refractivity (Wildman–Crippen MR) is 68.9 cm³/mol. The van der Waals surface area contributed by atoms with Crippen molar-refractivity contribution in [2.45, 2.75) is 51.3 Å². The maximum absolute atomic E-state index is 12.2. The smallest absolute Gasteiger partial charge is 0.326 e. The molecule has 1 saturated heterocycles. The summed E-state index contributed by atoms with van der Waals surface area (Å²) >= 11 is 0. The number of amides is 2. The highest BCUT2D eigenvalue weighted by molar-refractivity contribution is 5.82. The topological polar surface area (TPSA) is 78.9 Å². The van der Waals surface area contributed by atoms with E-state index in [1.807, 2.05) is 13.8 Å². The van der Waals surface area contributed by atoms with Gasteiger partial charge >= 0.3 is 12.0 Å². The van der Waals surface area contributed by atoms with Gasteiger partial charge in [0.1, 0.15) is 6.04 Å². The molecule has 0 bridgehead atoms. The number of rotatable bonds is 4. The number of carboxylic acids is 1. The Balaban J connectivity index is 1.91. The highest BCUT2D eigenvalue weighted by Gasteiger charge is 2.33. The third-order valence-electron chi connectivity index (χ3n) is 3.73. The van der Waals surface area contributed by atoms with E-state index >= 15 is 0 Å². The van der Waals surface area contributed by atoms with Crippen LogP contribution >= 0.6 is 0 Å². The SMILES string of the molecule is CC1CN(C(=O)NC(CC2CC2)C(=O)O)C(C)CO1. The van der Waals surface area contributed by atoms with Crippen LogP contribution in [0.1, 0.15) is 33.1 Å². The first kappa shape index (κ1) is 14.1. The normalized spacial score (nSPS) is 28.8. The van der Waals surface area contributed by atoms with Crippen molar-refractivity contribution in [2.75, 3.05) is 13.2 Å². The quantitative estimate of drug-likeness (QED) is 0.800. The van der Waals surface area contributed by atoms with Gasteiger partial charge in [0.25, 0.3) is 0 Å². The Morgan fingerprint density at radius 2 is 2.11 bits per heavy atom. The van der Waals surface area contributed by atoms with E-state index in [0.29, 0.717) is 25.5 Å². The minimum Gasteiger partial charge on any atom is -0.480 e. The average molecular weight is 270 g/mol. The second kappa shape index (κ2) is 5.77. The molecule has 2 rings (SSSR count). The van der Waals surface area contributed by atoms with Gasteiger partial charge in [-0.05, 0) is 26.2 Å². The zero-order valence-corrected chi connectivity index (χ0v) is 11.5. The van der Waals surface area contributed by atoms with Crippen LogP contribution in [-0.2, 0) is 9.53 Å². The number of carbonyl (C=O) groups is 2. The predicted octanol–water partition coefficient (Wildman–Crippen LogP) is 1.06. The third-order valence-corrected chi connectivity index (χ3v) is 3.73. The Labute approximate surface area is 113 Å². The molecular formula is C13H22N2O4. The number of ether oxygens (including phenoxy) is 1. The molecule has 2 fully saturated rings. The number of aliphatic carboxylic acids is 1. The summed E-state index contributed by atoms with van der Waals surface area (Å²) in [6.45, 7) is 4.81. The van der Waals surface area contributed by atoms with E-state index in [-0.39, 0.29) is 18.2 Å². The Morgan fingerprint density at radius 1 is 1.42 bits per heavy atom. The number of carbonyl (C=O) groups excluding carboxylic acids is 1. The van der Waals surface area contributed by atoms with Crippen LogP contribution in [0.5, 0.6) is 0 Å². The minimum atomic E-state index is -0.950. The summed E-state index contributed by atoms with van der Waals surface area (Å²) < 4.78 is 5.46. The second-order valence-corrected chi connectivity index (χ2v) is 5.66. The van der Waals surface area contributed by atoms with Gasteiger partial charge < -0.3 is 20.1 Å². The molecule has 2 N–H and O–H groups in total. The summed E-state index contributed by atoms with van der Waals surface area (Å²) in [5.74, 6) is -0.489. The summed E-state index contributed by atoms with van der Waals surface area (Å²) in [6, 6.07) is -1.09. The van der Waals surface area contributed by atoms with Crippen LogP contribution in [0.4, 0.5) is 4.79 Å². The van der Waals surface area contributed by atoms with Crippen LogP contribution in [-0.4, -0.2) is 53.3 Å². The Hall–Kier alpha value is -1.30. The maximum atomic E-state index is 12.2. The van der Waals surface area contributed by atoms with E-state index in [9.17, 15) is 9.59 Å². The summed E-state index contributed by atoms with van der Waals surface area (Å²) in [5, 5.41) is 11.8. The van der Waals surface area contributed by atoms with Crippen molar-refractivity contribution >= 4 is 12.0 Å². The highest BCUT2D eigenvalue weighted by Crippen LogP contribution is 2.33. The van der Waals surface area contributed by atoms with Gasteiger partial charge in [-0.15, -0.1) is 0 Å². The lowest BCUT2D eigenvalue weighted by molar-refractivity contribution is -0.139. The maximum Gasteiger partial charge on any atom is 0.326 e. The molecule has 1 aliphatic heterocycles. The molecular weight excluding hydrogens is 248 g/mol. The van der Waals surface area contributed by atoms with Crippen LogP contribution < -0.4 is 5.32 Å². The van der Waals surface area contributed by atoms with Gasteiger partial charge in [0.2, 0.25) is 0 Å². The molecule has 3 atom stereocenters. The van der Waals surface area contributed by atoms with E-state index in [0.717, 1.165) is 12.8 Å². The highest BCUT2D eigenvalue weighted by atomic mass is 16.5. The van der Waals surface area contributed by atoms with Gasteiger partial charge in [0, 0.05) is 6.54 Å². The number of hydrogen-bond donors (Lipinski definition) is 2. The van der Waals surface area contributed by atoms with Crippen LogP contribution in [0.15, 0.2) is 0 Å². The minimum absolute atomic E-state index is 0.00587. The lowest BCUT2D eigenvalue weighted by Crippen LogP contribution is -2.56. The molecule has 0 spiro atoms. The van der Waals surface area contributed by atoms with Gasteiger partial charge in [-0.25, -0.2) is 9.59 Å². The number of nitrogens with zero attached hydrogens (tertiary/aromatic N) is 1. The summed E-state index contributed by atoms with van der Waals surface area (Å²) in [6.07, 6.45) is 2.68. The van der Waals surface area contributed by atoms with E-state index in [4.69, 9.17) is 9.84 Å². The fourth-order valence-corrected chi connectivity index (χ4v) is 2.33. The lowest BCUT2D eigenvalue weighted by atomic mass is 10.1. The molecule has 19 heavy (non-hydrogen) atoms. The second-order valence-electron chi connectivity index (χ2n) is 5.66. The molecule has 2 amide bonds. The van der Waals surface area contributed by atoms with Crippen LogP contribution in [0.2, 0.25) is 0 Å². The first-order valence-electron chi connectivity index (χ1n) is 6.89. The van der Waals surface area contributed by atoms with Crippen molar-refractivity contribution < 1.29 is 19.4 Å². The van der Waals surface area contributed by atoms with E-state index in [1.54, 1.807) is 4.90 Å². The summed E-state index contributed by atoms with van der Waals surface area (Å²) in [4.78, 5) is 25.0. The van der Waals surface area contributed by atoms with E-state index < -0.39 is 12.0 Å². The first-order valence-corrected chi connectivity index (χ1v) is 6.89. The van der Waals surface area contributed by atoms with Crippen molar-refractivity contribution in [1.82, 2.24) is 10.2 Å². The zero-order chi connectivity index (χ0) is 14.0. The number of hydrogen-bond acceptors (Lipinski definition) is 3. The van der Waals surface area contributed by atoms with Gasteiger partial charge in [-0.2, -0.15) is 0 Å². The van der Waals surface area contributed by atoms with E-state index in [2.05, 4.69) is 5.32 Å². The van der Waals surface area contributed by atoms with Crippen molar-refractivity contribution in [1.29, 1.82) is 0 Å². The molecule has 3 unspecified atom stereocenters. The Kier molecular flexibility index (Phi) is 4.29. The summed E-state index contributed by atoms with van der Waals surface area (Å²) in [5.41, 5.74) is 0. The Bertz CT molecular complexity index is 357. The molecule has 0 aromatic carbocycles. The van der Waals surface area contributed by atoms with E-state index in [1.165, 1.54) is 0 Å². The molecule has 1 aliphatic carbocycles. The fraction of sp³-hybridized carbons (Fsp3) is 0.846. The standard InChI is InChI=1S/C13H22N2O4/c1-8-7-19-9(2)6-15(8)13(18)14-11(12(16)17)5-10-3-4-10/h8-11H,3-7H2,1-2H3,(H,14,18)(H,16,17). The summed E-state index contributed by atoms with van der Waals surface area (Å²) in [7, 11) is 0. The van der Waals surface area contributed by atoms with Crippen LogP contribution in [0.3, 0.4) is 0 Å².